The van der Waals surface area contributed by atoms with Gasteiger partial charge in [-0.15, -0.1) is 0 Å². The lowest BCUT2D eigenvalue weighted by atomic mass is 10.1. The molecule has 1 aliphatic heterocycles. The van der Waals surface area contributed by atoms with E-state index in [0.717, 1.165) is 0 Å². The van der Waals surface area contributed by atoms with Crippen LogP contribution in [-0.2, 0) is 0 Å². The van der Waals surface area contributed by atoms with Crippen LogP contribution in [0.4, 0.5) is 0 Å². The number of hydrogen-bond acceptors (Lipinski definition) is 7. The van der Waals surface area contributed by atoms with Crippen LogP contribution in [0.1, 0.15) is 15.9 Å². The van der Waals surface area contributed by atoms with Crippen molar-refractivity contribution in [2.75, 3.05) is 35.5 Å². The molecule has 0 saturated heterocycles. The molecule has 142 valence electrons. The summed E-state index contributed by atoms with van der Waals surface area (Å²) in [5, 5.41) is 0. The average Bonchev–Trinajstić information content (AvgIpc) is 3.02. The Morgan fingerprint density at radius 3 is 1.96 bits per heavy atom. The molecule has 0 aliphatic carbocycles. The van der Waals surface area contributed by atoms with E-state index in [0.29, 0.717) is 45.6 Å². The quantitative estimate of drug-likeness (QED) is 0.720. The lowest BCUT2D eigenvalue weighted by molar-refractivity contribution is 0.101. The molecule has 27 heavy (non-hydrogen) atoms. The molecule has 2 aromatic rings. The predicted octanol–water partition coefficient (Wildman–Crippen LogP) is 3.35. The van der Waals surface area contributed by atoms with Crippen molar-refractivity contribution in [3.63, 3.8) is 0 Å². The van der Waals surface area contributed by atoms with Crippen LogP contribution in [0.2, 0.25) is 0 Å². The Balaban J connectivity index is 2.08. The number of methoxy groups -OCH3 is 5. The van der Waals surface area contributed by atoms with Crippen molar-refractivity contribution < 1.29 is 33.2 Å². The lowest BCUT2D eigenvalue weighted by Crippen LogP contribution is -2.01. The predicted molar refractivity (Wildman–Crippen MR) is 98.6 cm³/mol. The second-order valence-corrected chi connectivity index (χ2v) is 5.59. The first-order valence-corrected chi connectivity index (χ1v) is 8.06. The van der Waals surface area contributed by atoms with Crippen molar-refractivity contribution in [1.82, 2.24) is 0 Å². The summed E-state index contributed by atoms with van der Waals surface area (Å²) >= 11 is 0. The smallest absolute Gasteiger partial charge is 0.235 e. The van der Waals surface area contributed by atoms with E-state index < -0.39 is 0 Å². The van der Waals surface area contributed by atoms with Crippen molar-refractivity contribution in [3.8, 4) is 34.5 Å². The Morgan fingerprint density at radius 1 is 0.741 bits per heavy atom. The maximum atomic E-state index is 12.8. The molecule has 0 bridgehead atoms. The first kappa shape index (κ1) is 18.4. The Morgan fingerprint density at radius 2 is 1.37 bits per heavy atom. The standard InChI is InChI=1S/C20H20O7/c1-22-12-8-16(26-5)19-17(9-12)27-18(20(19)21)7-11-6-14(24-3)15(25-4)10-13(11)23-2/h6-10H,1-5H3/b18-7-. The Labute approximate surface area is 157 Å². The van der Waals surface area contributed by atoms with Gasteiger partial charge >= 0.3 is 0 Å². The van der Waals surface area contributed by atoms with E-state index in [2.05, 4.69) is 0 Å². The molecule has 0 unspecified atom stereocenters. The molecule has 7 nitrogen and oxygen atoms in total. The largest absolute Gasteiger partial charge is 0.496 e. The maximum absolute atomic E-state index is 12.8. The van der Waals surface area contributed by atoms with Gasteiger partial charge in [0.25, 0.3) is 0 Å². The summed E-state index contributed by atoms with van der Waals surface area (Å²) in [6, 6.07) is 6.67. The van der Waals surface area contributed by atoms with Gasteiger partial charge < -0.3 is 28.4 Å². The molecule has 0 spiro atoms. The Bertz CT molecular complexity index is 915. The highest BCUT2D eigenvalue weighted by atomic mass is 16.5. The zero-order valence-electron chi connectivity index (χ0n) is 15.7. The average molecular weight is 372 g/mol. The maximum Gasteiger partial charge on any atom is 0.235 e. The zero-order chi connectivity index (χ0) is 19.6. The van der Waals surface area contributed by atoms with E-state index in [4.69, 9.17) is 28.4 Å². The number of fused-ring (bicyclic) bond motifs is 1. The fourth-order valence-corrected chi connectivity index (χ4v) is 2.84. The molecule has 0 N–H and O–H groups in total. The van der Waals surface area contributed by atoms with E-state index >= 15 is 0 Å². The molecule has 0 radical (unpaired) electrons. The molecule has 0 saturated carbocycles. The van der Waals surface area contributed by atoms with Gasteiger partial charge in [0, 0.05) is 23.8 Å². The minimum absolute atomic E-state index is 0.141. The van der Waals surface area contributed by atoms with E-state index in [9.17, 15) is 4.79 Å². The van der Waals surface area contributed by atoms with Crippen LogP contribution < -0.4 is 28.4 Å². The molecular formula is C20H20O7. The highest BCUT2D eigenvalue weighted by Gasteiger charge is 2.32. The third-order valence-corrected chi connectivity index (χ3v) is 4.19. The summed E-state index contributed by atoms with van der Waals surface area (Å²) in [7, 11) is 7.62. The van der Waals surface area contributed by atoms with Crippen LogP contribution in [0.5, 0.6) is 34.5 Å². The van der Waals surface area contributed by atoms with Crippen LogP contribution in [0, 0.1) is 0 Å². The van der Waals surface area contributed by atoms with Gasteiger partial charge in [-0.05, 0) is 12.1 Å². The fraction of sp³-hybridized carbons (Fsp3) is 0.250. The van der Waals surface area contributed by atoms with Crippen molar-refractivity contribution in [2.24, 2.45) is 0 Å². The Kier molecular flexibility index (Phi) is 5.12. The second-order valence-electron chi connectivity index (χ2n) is 5.59. The fourth-order valence-electron chi connectivity index (χ4n) is 2.84. The molecule has 0 amide bonds. The van der Waals surface area contributed by atoms with Gasteiger partial charge in [-0.1, -0.05) is 0 Å². The molecule has 2 aromatic carbocycles. The minimum Gasteiger partial charge on any atom is -0.496 e. The summed E-state index contributed by atoms with van der Waals surface area (Å²) in [5.41, 5.74) is 0.959. The topological polar surface area (TPSA) is 72.5 Å². The van der Waals surface area contributed by atoms with Gasteiger partial charge in [-0.25, -0.2) is 0 Å². The van der Waals surface area contributed by atoms with Gasteiger partial charge in [-0.2, -0.15) is 0 Å². The number of ketones is 1. The van der Waals surface area contributed by atoms with Crippen molar-refractivity contribution in [2.45, 2.75) is 0 Å². The van der Waals surface area contributed by atoms with E-state index in [1.54, 1.807) is 30.3 Å². The molecule has 0 atom stereocenters. The van der Waals surface area contributed by atoms with Gasteiger partial charge in [0.2, 0.25) is 5.78 Å². The number of hydrogen-bond donors (Lipinski definition) is 0. The first-order chi connectivity index (χ1) is 13.1. The highest BCUT2D eigenvalue weighted by molar-refractivity contribution is 6.16. The van der Waals surface area contributed by atoms with Gasteiger partial charge in [0.15, 0.2) is 17.3 Å². The summed E-state index contributed by atoms with van der Waals surface area (Å²) in [6.45, 7) is 0. The SMILES string of the molecule is COc1cc(OC)c2c(c1)O/C(=C\c1cc(OC)c(OC)cc1OC)C2=O. The molecule has 3 rings (SSSR count). The van der Waals surface area contributed by atoms with Crippen LogP contribution in [0.15, 0.2) is 30.0 Å². The zero-order valence-corrected chi connectivity index (χ0v) is 15.7. The molecule has 0 fully saturated rings. The normalized spacial score (nSPS) is 13.8. The van der Waals surface area contributed by atoms with Crippen LogP contribution in [-0.4, -0.2) is 41.3 Å². The summed E-state index contributed by atoms with van der Waals surface area (Å²) in [5.74, 6) is 2.68. The molecular weight excluding hydrogens is 352 g/mol. The van der Waals surface area contributed by atoms with Crippen molar-refractivity contribution >= 4 is 11.9 Å². The van der Waals surface area contributed by atoms with E-state index in [-0.39, 0.29) is 11.5 Å². The van der Waals surface area contributed by atoms with Crippen molar-refractivity contribution in [1.29, 1.82) is 0 Å². The van der Waals surface area contributed by atoms with Crippen LogP contribution >= 0.6 is 0 Å². The van der Waals surface area contributed by atoms with Crippen LogP contribution in [0.3, 0.4) is 0 Å². The van der Waals surface area contributed by atoms with Gasteiger partial charge in [0.1, 0.15) is 28.6 Å². The third kappa shape index (κ3) is 3.23. The lowest BCUT2D eigenvalue weighted by Gasteiger charge is -2.12. The number of allylic oxidation sites excluding steroid dienone is 1. The van der Waals surface area contributed by atoms with E-state index in [1.165, 1.54) is 35.5 Å². The number of Topliss-reactive ketones (excluding diaryl/α,β-unsaturated/α-hetero) is 1. The van der Waals surface area contributed by atoms with Crippen LogP contribution in [0.25, 0.3) is 6.08 Å². The second kappa shape index (κ2) is 7.49. The highest BCUT2D eigenvalue weighted by Crippen LogP contribution is 2.42. The van der Waals surface area contributed by atoms with Gasteiger partial charge in [0.05, 0.1) is 35.5 Å². The van der Waals surface area contributed by atoms with Gasteiger partial charge in [-0.3, -0.25) is 4.79 Å². The third-order valence-electron chi connectivity index (χ3n) is 4.19. The minimum atomic E-state index is -0.290. The number of rotatable bonds is 6. The summed E-state index contributed by atoms with van der Waals surface area (Å²) < 4.78 is 32.3. The summed E-state index contributed by atoms with van der Waals surface area (Å²) in [4.78, 5) is 12.8. The first-order valence-electron chi connectivity index (χ1n) is 8.06. The molecule has 0 aromatic heterocycles. The number of carbonyl (C=O) groups excluding carboxylic acids is 1. The Hall–Kier alpha value is -3.35. The molecule has 7 heteroatoms. The number of benzene rings is 2. The molecule has 1 aliphatic rings. The molecule has 1 heterocycles. The van der Waals surface area contributed by atoms with Crippen molar-refractivity contribution in [3.05, 3.63) is 41.2 Å². The monoisotopic (exact) mass is 372 g/mol. The number of ether oxygens (including phenoxy) is 6. The van der Waals surface area contributed by atoms with E-state index in [1.807, 2.05) is 0 Å². The number of carbonyl (C=O) groups is 1. The summed E-state index contributed by atoms with van der Waals surface area (Å²) in [6.07, 6.45) is 1.59.